The fourth-order valence-electron chi connectivity index (χ4n) is 1.17. The molecule has 0 radical (unpaired) electrons. The average Bonchev–Trinajstić information content (AvgIpc) is 2.22. The topological polar surface area (TPSA) is 32.3 Å². The highest BCUT2D eigenvalue weighted by Gasteiger charge is 2.03. The first-order chi connectivity index (χ1) is 6.76. The third-order valence-electron chi connectivity index (χ3n) is 2.27. The van der Waals surface area contributed by atoms with E-state index in [0.29, 0.717) is 0 Å². The molecule has 1 aromatic rings. The minimum atomic E-state index is -0.232. The smallest absolute Gasteiger partial charge is 0.123 e. The van der Waals surface area contributed by atoms with E-state index in [0.717, 1.165) is 18.7 Å². The van der Waals surface area contributed by atoms with Crippen molar-refractivity contribution in [2.75, 3.05) is 18.5 Å². The lowest BCUT2D eigenvalue weighted by Crippen LogP contribution is -2.16. The summed E-state index contributed by atoms with van der Waals surface area (Å²) >= 11 is 0. The van der Waals surface area contributed by atoms with Gasteiger partial charge in [-0.3, -0.25) is 0 Å². The van der Waals surface area contributed by atoms with Gasteiger partial charge in [-0.25, -0.2) is 4.39 Å². The Kier molecular flexibility index (Phi) is 4.40. The van der Waals surface area contributed by atoms with Gasteiger partial charge in [-0.2, -0.15) is 0 Å². The van der Waals surface area contributed by atoms with E-state index < -0.39 is 0 Å². The van der Waals surface area contributed by atoms with Crippen molar-refractivity contribution < 1.29 is 9.50 Å². The number of hydrogen-bond donors (Lipinski definition) is 2. The van der Waals surface area contributed by atoms with Crippen molar-refractivity contribution in [2.45, 2.75) is 13.3 Å². The molecule has 0 spiro atoms. The van der Waals surface area contributed by atoms with Gasteiger partial charge in [0.25, 0.3) is 0 Å². The molecule has 2 nitrogen and oxygen atoms in total. The third kappa shape index (κ3) is 3.34. The second-order valence-corrected chi connectivity index (χ2v) is 3.34. The van der Waals surface area contributed by atoms with Crippen LogP contribution < -0.4 is 5.32 Å². The zero-order chi connectivity index (χ0) is 10.4. The molecule has 14 heavy (non-hydrogen) atoms. The summed E-state index contributed by atoms with van der Waals surface area (Å²) in [7, 11) is 0. The van der Waals surface area contributed by atoms with Crippen LogP contribution in [0.3, 0.4) is 0 Å². The van der Waals surface area contributed by atoms with Crippen LogP contribution in [-0.4, -0.2) is 18.3 Å². The lowest BCUT2D eigenvalue weighted by molar-refractivity contribution is 0.230. The molecule has 0 aliphatic rings. The molecular weight excluding hydrogens is 181 g/mol. The van der Waals surface area contributed by atoms with Gasteiger partial charge >= 0.3 is 0 Å². The minimum Gasteiger partial charge on any atom is -0.396 e. The lowest BCUT2D eigenvalue weighted by Gasteiger charge is -2.13. The Bertz CT molecular complexity index is 256. The summed E-state index contributed by atoms with van der Waals surface area (Å²) in [6, 6.07) is 6.23. The monoisotopic (exact) mass is 197 g/mol. The number of anilines is 1. The van der Waals surface area contributed by atoms with E-state index in [2.05, 4.69) is 5.32 Å². The molecule has 0 saturated heterocycles. The highest BCUT2D eigenvalue weighted by molar-refractivity contribution is 5.42. The van der Waals surface area contributed by atoms with Crippen molar-refractivity contribution in [3.8, 4) is 0 Å². The Hall–Kier alpha value is -1.09. The van der Waals surface area contributed by atoms with Crippen molar-refractivity contribution >= 4 is 5.69 Å². The number of aliphatic hydroxyl groups excluding tert-OH is 1. The van der Waals surface area contributed by atoms with Crippen molar-refractivity contribution in [1.82, 2.24) is 0 Å². The van der Waals surface area contributed by atoms with E-state index in [9.17, 15) is 4.39 Å². The number of benzene rings is 1. The standard InChI is InChI=1S/C11H16FNO/c1-2-9(8-14)7-13-11-5-3-10(12)4-6-11/h3-6,9,13-14H,2,7-8H2,1H3. The first-order valence-corrected chi connectivity index (χ1v) is 4.86. The molecule has 2 N–H and O–H groups in total. The van der Waals surface area contributed by atoms with Crippen molar-refractivity contribution in [3.05, 3.63) is 30.1 Å². The number of rotatable bonds is 5. The molecule has 78 valence electrons. The first-order valence-electron chi connectivity index (χ1n) is 4.86. The van der Waals surface area contributed by atoms with Gasteiger partial charge in [0.05, 0.1) is 0 Å². The Labute approximate surface area is 83.8 Å². The maximum absolute atomic E-state index is 12.6. The molecule has 0 aliphatic heterocycles. The molecule has 0 amide bonds. The van der Waals surface area contributed by atoms with Crippen LogP contribution in [0.15, 0.2) is 24.3 Å². The van der Waals surface area contributed by atoms with E-state index in [1.165, 1.54) is 12.1 Å². The van der Waals surface area contributed by atoms with Crippen molar-refractivity contribution in [3.63, 3.8) is 0 Å². The van der Waals surface area contributed by atoms with Crippen LogP contribution in [0.1, 0.15) is 13.3 Å². The molecule has 0 aromatic heterocycles. The molecule has 0 bridgehead atoms. The highest BCUT2D eigenvalue weighted by atomic mass is 19.1. The summed E-state index contributed by atoms with van der Waals surface area (Å²) < 4.78 is 12.6. The fourth-order valence-corrected chi connectivity index (χ4v) is 1.17. The SMILES string of the molecule is CCC(CO)CNc1ccc(F)cc1. The molecule has 1 unspecified atom stereocenters. The van der Waals surface area contributed by atoms with Gasteiger partial charge in [0.1, 0.15) is 5.82 Å². The quantitative estimate of drug-likeness (QED) is 0.758. The minimum absolute atomic E-state index is 0.185. The molecule has 1 atom stereocenters. The fraction of sp³-hybridized carbons (Fsp3) is 0.455. The largest absolute Gasteiger partial charge is 0.396 e. The van der Waals surface area contributed by atoms with Gasteiger partial charge in [0, 0.05) is 18.8 Å². The van der Waals surface area contributed by atoms with Crippen LogP contribution >= 0.6 is 0 Å². The van der Waals surface area contributed by atoms with E-state index >= 15 is 0 Å². The Morgan fingerprint density at radius 2 is 2.00 bits per heavy atom. The lowest BCUT2D eigenvalue weighted by atomic mass is 10.1. The summed E-state index contributed by atoms with van der Waals surface area (Å²) in [6.07, 6.45) is 0.935. The predicted molar refractivity (Wildman–Crippen MR) is 55.8 cm³/mol. The summed E-state index contributed by atoms with van der Waals surface area (Å²) in [5, 5.41) is 12.1. The molecule has 0 saturated carbocycles. The van der Waals surface area contributed by atoms with Crippen molar-refractivity contribution in [1.29, 1.82) is 0 Å². The second-order valence-electron chi connectivity index (χ2n) is 3.34. The molecule has 0 aliphatic carbocycles. The van der Waals surface area contributed by atoms with Gasteiger partial charge in [-0.15, -0.1) is 0 Å². The number of halogens is 1. The zero-order valence-electron chi connectivity index (χ0n) is 8.33. The van der Waals surface area contributed by atoms with Crippen LogP contribution in [0, 0.1) is 11.7 Å². The Morgan fingerprint density at radius 1 is 1.36 bits per heavy atom. The van der Waals surface area contributed by atoms with E-state index in [4.69, 9.17) is 5.11 Å². The number of hydrogen-bond acceptors (Lipinski definition) is 2. The van der Waals surface area contributed by atoms with Gasteiger partial charge in [0.15, 0.2) is 0 Å². The first kappa shape index (κ1) is 11.0. The predicted octanol–water partition coefficient (Wildman–Crippen LogP) is 2.26. The Balaban J connectivity index is 2.41. The number of nitrogens with one attached hydrogen (secondary N) is 1. The summed E-state index contributed by atoms with van der Waals surface area (Å²) in [5.74, 6) is 0.0322. The maximum atomic E-state index is 12.6. The molecular formula is C11H16FNO. The van der Waals surface area contributed by atoms with E-state index in [1.54, 1.807) is 12.1 Å². The normalized spacial score (nSPS) is 12.5. The zero-order valence-corrected chi connectivity index (χ0v) is 8.33. The van der Waals surface area contributed by atoms with Gasteiger partial charge in [-0.1, -0.05) is 6.92 Å². The van der Waals surface area contributed by atoms with Gasteiger partial charge in [-0.05, 0) is 36.6 Å². The van der Waals surface area contributed by atoms with E-state index in [-0.39, 0.29) is 18.3 Å². The Morgan fingerprint density at radius 3 is 2.50 bits per heavy atom. The van der Waals surface area contributed by atoms with Gasteiger partial charge < -0.3 is 10.4 Å². The van der Waals surface area contributed by atoms with Crippen LogP contribution in [0.5, 0.6) is 0 Å². The summed E-state index contributed by atoms with van der Waals surface area (Å²) in [5.41, 5.74) is 0.887. The summed E-state index contributed by atoms with van der Waals surface area (Å²) in [4.78, 5) is 0. The van der Waals surface area contributed by atoms with Crippen LogP contribution in [0.4, 0.5) is 10.1 Å². The van der Waals surface area contributed by atoms with E-state index in [1.807, 2.05) is 6.92 Å². The second kappa shape index (κ2) is 5.60. The van der Waals surface area contributed by atoms with Crippen LogP contribution in [-0.2, 0) is 0 Å². The molecule has 1 aromatic carbocycles. The molecule has 1 rings (SSSR count). The number of aliphatic hydroxyl groups is 1. The van der Waals surface area contributed by atoms with Crippen molar-refractivity contribution in [2.24, 2.45) is 5.92 Å². The van der Waals surface area contributed by atoms with Crippen LogP contribution in [0.25, 0.3) is 0 Å². The molecule has 0 heterocycles. The average molecular weight is 197 g/mol. The highest BCUT2D eigenvalue weighted by Crippen LogP contribution is 2.10. The summed E-state index contributed by atoms with van der Waals surface area (Å²) in [6.45, 7) is 2.94. The third-order valence-corrected chi connectivity index (χ3v) is 2.27. The molecule has 0 fully saturated rings. The molecule has 3 heteroatoms. The maximum Gasteiger partial charge on any atom is 0.123 e. The van der Waals surface area contributed by atoms with Crippen LogP contribution in [0.2, 0.25) is 0 Å². The van der Waals surface area contributed by atoms with Gasteiger partial charge in [0.2, 0.25) is 0 Å².